The second kappa shape index (κ2) is 7.27. The molecule has 1 aromatic carbocycles. The topological polar surface area (TPSA) is 32.3 Å². The maximum atomic E-state index is 11.9. The Balaban J connectivity index is 1.69. The minimum atomic E-state index is 0.143. The van der Waals surface area contributed by atoms with Gasteiger partial charge in [0.05, 0.1) is 11.1 Å². The van der Waals surface area contributed by atoms with Gasteiger partial charge < -0.3 is 10.2 Å². The number of rotatable bonds is 6. The third kappa shape index (κ3) is 3.88. The summed E-state index contributed by atoms with van der Waals surface area (Å²) < 4.78 is 0. The van der Waals surface area contributed by atoms with Crippen LogP contribution in [0.4, 0.5) is 0 Å². The summed E-state index contributed by atoms with van der Waals surface area (Å²) in [7, 11) is 0. The average molecular weight is 335 g/mol. The molecule has 1 fully saturated rings. The normalized spacial score (nSPS) is 16.2. The Morgan fingerprint density at radius 3 is 2.77 bits per heavy atom. The summed E-state index contributed by atoms with van der Waals surface area (Å²) >= 11 is 7.63. The van der Waals surface area contributed by atoms with Gasteiger partial charge in [0, 0.05) is 36.3 Å². The molecule has 5 heteroatoms. The molecule has 0 unspecified atom stereocenters. The third-order valence-corrected chi connectivity index (χ3v) is 5.21. The molecule has 1 N–H and O–H groups in total. The van der Waals surface area contributed by atoms with Gasteiger partial charge in [0.15, 0.2) is 0 Å². The zero-order valence-electron chi connectivity index (χ0n) is 12.3. The first-order valence-corrected chi connectivity index (χ1v) is 8.77. The fraction of sp³-hybridized carbons (Fsp3) is 0.353. The van der Waals surface area contributed by atoms with Crippen LogP contribution in [0.15, 0.2) is 41.8 Å². The number of likely N-dealkylation sites (tertiary alicyclic amines) is 1. The van der Waals surface area contributed by atoms with E-state index >= 15 is 0 Å². The van der Waals surface area contributed by atoms with E-state index in [9.17, 15) is 4.79 Å². The Hall–Kier alpha value is -1.36. The van der Waals surface area contributed by atoms with Crippen molar-refractivity contribution < 1.29 is 4.79 Å². The first kappa shape index (κ1) is 15.5. The molecule has 0 bridgehead atoms. The summed E-state index contributed by atoms with van der Waals surface area (Å²) in [6.07, 6.45) is 1.66. The van der Waals surface area contributed by atoms with Crippen molar-refractivity contribution in [2.45, 2.75) is 25.4 Å². The number of hydrogen-bond acceptors (Lipinski definition) is 3. The molecular formula is C17H19ClN2OS. The van der Waals surface area contributed by atoms with Gasteiger partial charge in [-0.3, -0.25) is 4.79 Å². The number of amides is 1. The van der Waals surface area contributed by atoms with E-state index in [2.05, 4.69) is 17.4 Å². The fourth-order valence-corrected chi connectivity index (χ4v) is 3.78. The lowest BCUT2D eigenvalue weighted by Crippen LogP contribution is -2.35. The SMILES string of the molecule is O=C1CCCN1C[C@@H](NCc1cc(Cl)cs1)c1ccccc1. The van der Waals surface area contributed by atoms with Gasteiger partial charge in [-0.2, -0.15) is 0 Å². The van der Waals surface area contributed by atoms with Crippen molar-refractivity contribution in [1.82, 2.24) is 10.2 Å². The van der Waals surface area contributed by atoms with Gasteiger partial charge in [-0.05, 0) is 18.1 Å². The lowest BCUT2D eigenvalue weighted by Gasteiger charge is -2.25. The molecule has 0 spiro atoms. The fourth-order valence-electron chi connectivity index (χ4n) is 2.76. The van der Waals surface area contributed by atoms with Gasteiger partial charge >= 0.3 is 0 Å². The van der Waals surface area contributed by atoms with Crippen molar-refractivity contribution in [2.24, 2.45) is 0 Å². The first-order chi connectivity index (χ1) is 10.7. The van der Waals surface area contributed by atoms with E-state index in [-0.39, 0.29) is 11.9 Å². The van der Waals surface area contributed by atoms with Crippen LogP contribution in [0.3, 0.4) is 0 Å². The molecule has 0 aliphatic carbocycles. The second-order valence-electron chi connectivity index (χ2n) is 5.52. The van der Waals surface area contributed by atoms with Gasteiger partial charge in [-0.15, -0.1) is 11.3 Å². The van der Waals surface area contributed by atoms with Crippen molar-refractivity contribution in [1.29, 1.82) is 0 Å². The summed E-state index contributed by atoms with van der Waals surface area (Å²) in [4.78, 5) is 15.1. The zero-order chi connectivity index (χ0) is 15.4. The number of halogens is 1. The smallest absolute Gasteiger partial charge is 0.222 e. The summed E-state index contributed by atoms with van der Waals surface area (Å²) in [5.74, 6) is 0.266. The molecule has 3 nitrogen and oxygen atoms in total. The number of hydrogen-bond donors (Lipinski definition) is 1. The van der Waals surface area contributed by atoms with Gasteiger partial charge in [0.1, 0.15) is 0 Å². The Morgan fingerprint density at radius 1 is 1.32 bits per heavy atom. The summed E-state index contributed by atoms with van der Waals surface area (Å²) in [6, 6.07) is 12.4. The van der Waals surface area contributed by atoms with E-state index in [4.69, 9.17) is 11.6 Å². The van der Waals surface area contributed by atoms with Gasteiger partial charge in [-0.25, -0.2) is 0 Å². The van der Waals surface area contributed by atoms with Gasteiger partial charge in [-0.1, -0.05) is 41.9 Å². The van der Waals surface area contributed by atoms with Gasteiger partial charge in [0.25, 0.3) is 0 Å². The molecule has 0 saturated carbocycles. The second-order valence-corrected chi connectivity index (χ2v) is 6.95. The third-order valence-electron chi connectivity index (χ3n) is 3.92. The number of carbonyl (C=O) groups is 1. The predicted octanol–water partition coefficient (Wildman–Crippen LogP) is 3.85. The summed E-state index contributed by atoms with van der Waals surface area (Å²) in [5.41, 5.74) is 1.21. The minimum Gasteiger partial charge on any atom is -0.341 e. The highest BCUT2D eigenvalue weighted by atomic mass is 35.5. The number of benzene rings is 1. The number of nitrogens with zero attached hydrogens (tertiary/aromatic N) is 1. The van der Waals surface area contributed by atoms with Crippen LogP contribution in [0, 0.1) is 0 Å². The zero-order valence-corrected chi connectivity index (χ0v) is 13.9. The molecule has 2 aromatic rings. The van der Waals surface area contributed by atoms with Crippen LogP contribution < -0.4 is 5.32 Å². The van der Waals surface area contributed by atoms with Crippen LogP contribution in [0.2, 0.25) is 5.02 Å². The van der Waals surface area contributed by atoms with E-state index in [1.54, 1.807) is 11.3 Å². The van der Waals surface area contributed by atoms with E-state index in [1.165, 1.54) is 10.4 Å². The lowest BCUT2D eigenvalue weighted by molar-refractivity contribution is -0.128. The summed E-state index contributed by atoms with van der Waals surface area (Å²) in [6.45, 7) is 2.36. The quantitative estimate of drug-likeness (QED) is 0.870. The molecule has 1 aromatic heterocycles. The van der Waals surface area contributed by atoms with Crippen LogP contribution in [0.25, 0.3) is 0 Å². The van der Waals surface area contributed by atoms with Crippen LogP contribution in [-0.2, 0) is 11.3 Å². The molecule has 1 amide bonds. The molecule has 0 radical (unpaired) electrons. The average Bonchev–Trinajstić information content (AvgIpc) is 3.13. The van der Waals surface area contributed by atoms with E-state index in [0.717, 1.165) is 31.1 Å². The standard InChI is InChI=1S/C17H19ClN2OS/c18-14-9-15(22-12-14)10-19-16(13-5-2-1-3-6-13)11-20-8-4-7-17(20)21/h1-3,5-6,9,12,16,19H,4,7-8,10-11H2/t16-/m1/s1. The van der Waals surface area contributed by atoms with Crippen molar-refractivity contribution in [3.05, 3.63) is 57.2 Å². The van der Waals surface area contributed by atoms with Crippen LogP contribution in [0.5, 0.6) is 0 Å². The summed E-state index contributed by atoms with van der Waals surface area (Å²) in [5, 5.41) is 6.30. The Labute approximate surface area is 139 Å². The maximum absolute atomic E-state index is 11.9. The highest BCUT2D eigenvalue weighted by Crippen LogP contribution is 2.22. The Morgan fingerprint density at radius 2 is 2.14 bits per heavy atom. The number of nitrogens with one attached hydrogen (secondary N) is 1. The molecule has 116 valence electrons. The highest BCUT2D eigenvalue weighted by molar-refractivity contribution is 7.10. The molecule has 1 aliphatic heterocycles. The number of thiophene rings is 1. The molecule has 1 saturated heterocycles. The van der Waals surface area contributed by atoms with Crippen molar-refractivity contribution in [3.63, 3.8) is 0 Å². The maximum Gasteiger partial charge on any atom is 0.222 e. The van der Waals surface area contributed by atoms with Gasteiger partial charge in [0.2, 0.25) is 5.91 Å². The van der Waals surface area contributed by atoms with Crippen LogP contribution >= 0.6 is 22.9 Å². The minimum absolute atomic E-state index is 0.143. The van der Waals surface area contributed by atoms with Crippen molar-refractivity contribution >= 4 is 28.8 Å². The number of carbonyl (C=O) groups excluding carboxylic acids is 1. The molecular weight excluding hydrogens is 316 g/mol. The van der Waals surface area contributed by atoms with E-state index in [0.29, 0.717) is 6.42 Å². The molecule has 2 heterocycles. The predicted molar refractivity (Wildman–Crippen MR) is 91.2 cm³/mol. The van der Waals surface area contributed by atoms with Crippen LogP contribution in [-0.4, -0.2) is 23.9 Å². The molecule has 1 aliphatic rings. The van der Waals surface area contributed by atoms with Crippen molar-refractivity contribution in [2.75, 3.05) is 13.1 Å². The molecule has 22 heavy (non-hydrogen) atoms. The largest absolute Gasteiger partial charge is 0.341 e. The highest BCUT2D eigenvalue weighted by Gasteiger charge is 2.24. The molecule has 3 rings (SSSR count). The first-order valence-electron chi connectivity index (χ1n) is 7.51. The van der Waals surface area contributed by atoms with Crippen LogP contribution in [0.1, 0.15) is 29.3 Å². The van der Waals surface area contributed by atoms with Crippen molar-refractivity contribution in [3.8, 4) is 0 Å². The Bertz CT molecular complexity index is 629. The molecule has 1 atom stereocenters. The van der Waals surface area contributed by atoms with E-state index < -0.39 is 0 Å². The monoisotopic (exact) mass is 334 g/mol. The lowest BCUT2D eigenvalue weighted by atomic mass is 10.1. The van der Waals surface area contributed by atoms with E-state index in [1.807, 2.05) is 34.5 Å². The Kier molecular flexibility index (Phi) is 5.13.